The molecule has 0 radical (unpaired) electrons. The Bertz CT molecular complexity index is 433. The monoisotopic (exact) mass is 207 g/mol. The van der Waals surface area contributed by atoms with E-state index >= 15 is 0 Å². The lowest BCUT2D eigenvalue weighted by molar-refractivity contribution is 0.533. The van der Waals surface area contributed by atoms with Crippen molar-refractivity contribution in [2.75, 3.05) is 6.54 Å². The Balaban J connectivity index is 2.29. The lowest BCUT2D eigenvalue weighted by Crippen LogP contribution is -2.08. The molecule has 0 aromatic carbocycles. The second kappa shape index (κ2) is 4.22. The SMILES string of the molecule is Cc1occc1-c1nnnn1CCCN. The van der Waals surface area contributed by atoms with E-state index in [0.29, 0.717) is 6.54 Å². The highest BCUT2D eigenvalue weighted by atomic mass is 16.3. The first kappa shape index (κ1) is 9.85. The van der Waals surface area contributed by atoms with Crippen molar-refractivity contribution in [1.82, 2.24) is 20.2 Å². The molecule has 0 amide bonds. The lowest BCUT2D eigenvalue weighted by Gasteiger charge is -2.01. The van der Waals surface area contributed by atoms with E-state index < -0.39 is 0 Å². The van der Waals surface area contributed by atoms with Gasteiger partial charge in [0.05, 0.1) is 11.8 Å². The molecule has 0 unspecified atom stereocenters. The van der Waals surface area contributed by atoms with Crippen molar-refractivity contribution in [3.8, 4) is 11.4 Å². The number of tetrazole rings is 1. The molecule has 0 fully saturated rings. The lowest BCUT2D eigenvalue weighted by atomic mass is 10.2. The molecule has 2 heterocycles. The number of rotatable bonds is 4. The van der Waals surface area contributed by atoms with Gasteiger partial charge in [-0.05, 0) is 36.4 Å². The van der Waals surface area contributed by atoms with Crippen LogP contribution in [-0.4, -0.2) is 26.8 Å². The largest absolute Gasteiger partial charge is 0.469 e. The van der Waals surface area contributed by atoms with Crippen LogP contribution in [0.3, 0.4) is 0 Å². The van der Waals surface area contributed by atoms with Crippen LogP contribution in [0.1, 0.15) is 12.2 Å². The molecule has 2 aromatic heterocycles. The van der Waals surface area contributed by atoms with Gasteiger partial charge in [-0.3, -0.25) is 0 Å². The minimum atomic E-state index is 0.629. The molecule has 2 rings (SSSR count). The number of hydrogen-bond donors (Lipinski definition) is 1. The zero-order chi connectivity index (χ0) is 10.7. The first-order chi connectivity index (χ1) is 7.33. The number of aryl methyl sites for hydroxylation is 2. The van der Waals surface area contributed by atoms with Gasteiger partial charge < -0.3 is 10.2 Å². The van der Waals surface area contributed by atoms with Crippen LogP contribution in [0, 0.1) is 6.92 Å². The molecule has 80 valence electrons. The van der Waals surface area contributed by atoms with E-state index in [1.54, 1.807) is 10.9 Å². The smallest absolute Gasteiger partial charge is 0.185 e. The zero-order valence-electron chi connectivity index (χ0n) is 8.55. The number of furan rings is 1. The quantitative estimate of drug-likeness (QED) is 0.793. The fourth-order valence-corrected chi connectivity index (χ4v) is 1.41. The summed E-state index contributed by atoms with van der Waals surface area (Å²) in [5.41, 5.74) is 6.37. The summed E-state index contributed by atoms with van der Waals surface area (Å²) in [7, 11) is 0. The Hall–Kier alpha value is -1.69. The van der Waals surface area contributed by atoms with Gasteiger partial charge >= 0.3 is 0 Å². The van der Waals surface area contributed by atoms with E-state index in [4.69, 9.17) is 10.2 Å². The minimum absolute atomic E-state index is 0.629. The summed E-state index contributed by atoms with van der Waals surface area (Å²) in [6.45, 7) is 3.24. The summed E-state index contributed by atoms with van der Waals surface area (Å²) in [6.07, 6.45) is 2.49. The van der Waals surface area contributed by atoms with Crippen molar-refractivity contribution in [1.29, 1.82) is 0 Å². The van der Waals surface area contributed by atoms with E-state index in [2.05, 4.69) is 15.5 Å². The first-order valence-corrected chi connectivity index (χ1v) is 4.83. The molecular formula is C9H13N5O. The molecule has 0 saturated carbocycles. The maximum Gasteiger partial charge on any atom is 0.185 e. The van der Waals surface area contributed by atoms with Crippen LogP contribution in [0.4, 0.5) is 0 Å². The second-order valence-electron chi connectivity index (χ2n) is 3.26. The van der Waals surface area contributed by atoms with Crippen molar-refractivity contribution in [2.24, 2.45) is 5.73 Å². The maximum atomic E-state index is 5.44. The Morgan fingerprint density at radius 3 is 3.07 bits per heavy atom. The summed E-state index contributed by atoms with van der Waals surface area (Å²) in [5.74, 6) is 1.55. The topological polar surface area (TPSA) is 82.8 Å². The predicted octanol–water partition coefficient (Wildman–Crippen LogP) is 0.590. The molecule has 0 aliphatic rings. The Morgan fingerprint density at radius 1 is 1.53 bits per heavy atom. The third-order valence-corrected chi connectivity index (χ3v) is 2.21. The number of aromatic nitrogens is 4. The third kappa shape index (κ3) is 1.89. The van der Waals surface area contributed by atoms with E-state index in [0.717, 1.165) is 30.1 Å². The summed E-state index contributed by atoms with van der Waals surface area (Å²) < 4.78 is 6.95. The van der Waals surface area contributed by atoms with Crippen molar-refractivity contribution >= 4 is 0 Å². The van der Waals surface area contributed by atoms with E-state index in [-0.39, 0.29) is 0 Å². The Morgan fingerprint density at radius 2 is 2.40 bits per heavy atom. The average molecular weight is 207 g/mol. The normalized spacial score (nSPS) is 10.8. The fraction of sp³-hybridized carbons (Fsp3) is 0.444. The molecule has 0 aliphatic heterocycles. The van der Waals surface area contributed by atoms with Gasteiger partial charge in [-0.15, -0.1) is 5.10 Å². The Kier molecular flexibility index (Phi) is 2.77. The second-order valence-corrected chi connectivity index (χ2v) is 3.26. The van der Waals surface area contributed by atoms with Gasteiger partial charge in [0, 0.05) is 6.54 Å². The van der Waals surface area contributed by atoms with Crippen molar-refractivity contribution in [2.45, 2.75) is 19.9 Å². The van der Waals surface area contributed by atoms with Crippen LogP contribution in [-0.2, 0) is 6.54 Å². The van der Waals surface area contributed by atoms with Crippen LogP contribution < -0.4 is 5.73 Å². The highest BCUT2D eigenvalue weighted by molar-refractivity contribution is 5.56. The van der Waals surface area contributed by atoms with Crippen LogP contribution in [0.2, 0.25) is 0 Å². The van der Waals surface area contributed by atoms with Gasteiger partial charge in [0.1, 0.15) is 5.76 Å². The van der Waals surface area contributed by atoms with Crippen molar-refractivity contribution < 1.29 is 4.42 Å². The molecular weight excluding hydrogens is 194 g/mol. The van der Waals surface area contributed by atoms with Crippen LogP contribution in [0.15, 0.2) is 16.7 Å². The van der Waals surface area contributed by atoms with E-state index in [9.17, 15) is 0 Å². The zero-order valence-corrected chi connectivity index (χ0v) is 8.55. The van der Waals surface area contributed by atoms with Gasteiger partial charge in [0.2, 0.25) is 0 Å². The predicted molar refractivity (Wildman–Crippen MR) is 53.9 cm³/mol. The van der Waals surface area contributed by atoms with E-state index in [1.807, 2.05) is 13.0 Å². The molecule has 6 nitrogen and oxygen atoms in total. The molecule has 15 heavy (non-hydrogen) atoms. The highest BCUT2D eigenvalue weighted by Gasteiger charge is 2.12. The average Bonchev–Trinajstić information content (AvgIpc) is 2.82. The van der Waals surface area contributed by atoms with Gasteiger partial charge in [-0.2, -0.15) is 0 Å². The molecule has 0 bridgehead atoms. The summed E-state index contributed by atoms with van der Waals surface area (Å²) in [4.78, 5) is 0. The molecule has 0 saturated heterocycles. The number of nitrogens with zero attached hydrogens (tertiary/aromatic N) is 4. The van der Waals surface area contributed by atoms with Gasteiger partial charge in [0.25, 0.3) is 0 Å². The highest BCUT2D eigenvalue weighted by Crippen LogP contribution is 2.21. The van der Waals surface area contributed by atoms with Crippen LogP contribution >= 0.6 is 0 Å². The Labute approximate surface area is 87.1 Å². The molecule has 6 heteroatoms. The summed E-state index contributed by atoms with van der Waals surface area (Å²) in [6, 6.07) is 1.86. The van der Waals surface area contributed by atoms with E-state index in [1.165, 1.54) is 0 Å². The molecule has 2 aromatic rings. The van der Waals surface area contributed by atoms with Gasteiger partial charge in [-0.1, -0.05) is 0 Å². The first-order valence-electron chi connectivity index (χ1n) is 4.83. The third-order valence-electron chi connectivity index (χ3n) is 2.21. The standard InChI is InChI=1S/C9H13N5O/c1-7-8(3-6-15-7)9-11-12-13-14(9)5-2-4-10/h3,6H,2,4-5,10H2,1H3. The summed E-state index contributed by atoms with van der Waals surface area (Å²) in [5, 5.41) is 11.5. The van der Waals surface area contributed by atoms with Gasteiger partial charge in [0.15, 0.2) is 5.82 Å². The fourth-order valence-electron chi connectivity index (χ4n) is 1.41. The van der Waals surface area contributed by atoms with Crippen molar-refractivity contribution in [3.05, 3.63) is 18.1 Å². The molecule has 0 atom stereocenters. The number of nitrogens with two attached hydrogens (primary N) is 1. The van der Waals surface area contributed by atoms with Crippen LogP contribution in [0.5, 0.6) is 0 Å². The maximum absolute atomic E-state index is 5.44. The molecule has 0 spiro atoms. The van der Waals surface area contributed by atoms with Crippen LogP contribution in [0.25, 0.3) is 11.4 Å². The molecule has 0 aliphatic carbocycles. The van der Waals surface area contributed by atoms with Gasteiger partial charge in [-0.25, -0.2) is 4.68 Å². The van der Waals surface area contributed by atoms with Crippen molar-refractivity contribution in [3.63, 3.8) is 0 Å². The summed E-state index contributed by atoms with van der Waals surface area (Å²) >= 11 is 0. The number of hydrogen-bond acceptors (Lipinski definition) is 5. The molecule has 2 N–H and O–H groups in total. The minimum Gasteiger partial charge on any atom is -0.469 e.